The van der Waals surface area contributed by atoms with Gasteiger partial charge in [-0.2, -0.15) is 0 Å². The Balaban J connectivity index is 0.00000176. The second-order valence-electron chi connectivity index (χ2n) is 4.35. The van der Waals surface area contributed by atoms with Crippen LogP contribution in [0.3, 0.4) is 0 Å². The average Bonchev–Trinajstić information content (AvgIpc) is 2.50. The van der Waals surface area contributed by atoms with E-state index in [1.807, 2.05) is 18.2 Å². The van der Waals surface area contributed by atoms with Gasteiger partial charge in [0.05, 0.1) is 18.3 Å². The molecule has 0 aliphatic heterocycles. The number of nitrogens with one attached hydrogen (secondary N) is 1. The van der Waals surface area contributed by atoms with Gasteiger partial charge in [-0.1, -0.05) is 15.9 Å². The van der Waals surface area contributed by atoms with Gasteiger partial charge in [0.25, 0.3) is 0 Å². The molecule has 1 N–H and O–H groups in total. The summed E-state index contributed by atoms with van der Waals surface area (Å²) in [5, 5.41) is 3.75. The monoisotopic (exact) mass is 383 g/mol. The van der Waals surface area contributed by atoms with Crippen molar-refractivity contribution in [2.45, 2.75) is 0 Å². The van der Waals surface area contributed by atoms with Gasteiger partial charge in [0, 0.05) is 9.86 Å². The summed E-state index contributed by atoms with van der Waals surface area (Å²) < 4.78 is 19.8. The first-order chi connectivity index (χ1) is 10.2. The van der Waals surface area contributed by atoms with E-state index in [-0.39, 0.29) is 18.2 Å². The largest absolute Gasteiger partial charge is 0.497 e. The van der Waals surface area contributed by atoms with Crippen LogP contribution in [0.5, 0.6) is 5.75 Å². The molecule has 0 radical (unpaired) electrons. The van der Waals surface area contributed by atoms with Crippen LogP contribution in [-0.2, 0) is 0 Å². The third-order valence-corrected chi connectivity index (χ3v) is 3.52. The van der Waals surface area contributed by atoms with Crippen molar-refractivity contribution in [3.63, 3.8) is 0 Å². The summed E-state index contributed by atoms with van der Waals surface area (Å²) in [6.07, 6.45) is 1.44. The van der Waals surface area contributed by atoms with Crippen molar-refractivity contribution in [2.24, 2.45) is 0 Å². The molecule has 2 aromatic carbocycles. The van der Waals surface area contributed by atoms with E-state index in [0.717, 1.165) is 10.9 Å². The van der Waals surface area contributed by atoms with Crippen LogP contribution in [0.25, 0.3) is 10.9 Å². The third-order valence-electron chi connectivity index (χ3n) is 3.03. The van der Waals surface area contributed by atoms with Gasteiger partial charge < -0.3 is 10.1 Å². The van der Waals surface area contributed by atoms with Crippen LogP contribution in [-0.4, -0.2) is 17.1 Å². The first-order valence-corrected chi connectivity index (χ1v) is 6.97. The lowest BCUT2D eigenvalue weighted by Crippen LogP contribution is -1.98. The Kier molecular flexibility index (Phi) is 5.15. The standard InChI is InChI=1S/C15H11BrFN3O.ClH/c1-21-10-3-5-13-11(7-10)15(19-8-18-13)20-14-4-2-9(16)6-12(14)17;/h2-8H,1H3,(H,18,19,20);1H. The van der Waals surface area contributed by atoms with E-state index in [0.29, 0.717) is 21.7 Å². The number of fused-ring (bicyclic) bond motifs is 1. The van der Waals surface area contributed by atoms with Crippen LogP contribution in [0, 0.1) is 5.82 Å². The molecule has 1 heterocycles. The lowest BCUT2D eigenvalue weighted by atomic mass is 10.2. The van der Waals surface area contributed by atoms with Gasteiger partial charge in [-0.3, -0.25) is 0 Å². The number of methoxy groups -OCH3 is 1. The highest BCUT2D eigenvalue weighted by molar-refractivity contribution is 9.10. The SMILES string of the molecule is COc1ccc2ncnc(Nc3ccc(Br)cc3F)c2c1.Cl. The summed E-state index contributed by atoms with van der Waals surface area (Å²) in [6, 6.07) is 10.3. The lowest BCUT2D eigenvalue weighted by molar-refractivity contribution is 0.415. The Morgan fingerprint density at radius 1 is 1.14 bits per heavy atom. The first-order valence-electron chi connectivity index (χ1n) is 6.18. The molecule has 0 saturated carbocycles. The van der Waals surface area contributed by atoms with Crippen molar-refractivity contribution in [2.75, 3.05) is 12.4 Å². The number of halogens is 3. The van der Waals surface area contributed by atoms with Crippen molar-refractivity contribution < 1.29 is 9.13 Å². The number of hydrogen-bond acceptors (Lipinski definition) is 4. The molecule has 0 fully saturated rings. The molecule has 7 heteroatoms. The molecule has 0 saturated heterocycles. The van der Waals surface area contributed by atoms with Gasteiger partial charge in [-0.15, -0.1) is 12.4 Å². The fourth-order valence-electron chi connectivity index (χ4n) is 1.98. The number of hydrogen-bond donors (Lipinski definition) is 1. The molecule has 0 spiro atoms. The highest BCUT2D eigenvalue weighted by Gasteiger charge is 2.08. The predicted molar refractivity (Wildman–Crippen MR) is 90.7 cm³/mol. The summed E-state index contributed by atoms with van der Waals surface area (Å²) in [4.78, 5) is 8.37. The molecule has 22 heavy (non-hydrogen) atoms. The Hall–Kier alpha value is -1.92. The number of anilines is 2. The van der Waals surface area contributed by atoms with Crippen molar-refractivity contribution in [1.29, 1.82) is 0 Å². The highest BCUT2D eigenvalue weighted by Crippen LogP contribution is 2.28. The molecule has 4 nitrogen and oxygen atoms in total. The molecular weight excluding hydrogens is 373 g/mol. The minimum Gasteiger partial charge on any atom is -0.497 e. The molecule has 0 aliphatic carbocycles. The van der Waals surface area contributed by atoms with Crippen LogP contribution in [0.2, 0.25) is 0 Å². The Morgan fingerprint density at radius 2 is 1.95 bits per heavy atom. The molecule has 1 aromatic heterocycles. The second-order valence-corrected chi connectivity index (χ2v) is 5.27. The van der Waals surface area contributed by atoms with Gasteiger partial charge in [-0.25, -0.2) is 14.4 Å². The van der Waals surface area contributed by atoms with E-state index in [4.69, 9.17) is 4.74 Å². The molecule has 3 rings (SSSR count). The quantitative estimate of drug-likeness (QED) is 0.711. The van der Waals surface area contributed by atoms with E-state index in [1.165, 1.54) is 12.4 Å². The minimum absolute atomic E-state index is 0. The molecule has 0 atom stereocenters. The predicted octanol–water partition coefficient (Wildman–Crippen LogP) is 4.71. The Bertz CT molecular complexity index is 816. The minimum atomic E-state index is -0.362. The van der Waals surface area contributed by atoms with E-state index >= 15 is 0 Å². The molecular formula is C15H12BrClFN3O. The van der Waals surface area contributed by atoms with Gasteiger partial charge in [0.15, 0.2) is 0 Å². The van der Waals surface area contributed by atoms with Crippen LogP contribution in [0.4, 0.5) is 15.9 Å². The molecule has 0 aliphatic rings. The summed E-state index contributed by atoms with van der Waals surface area (Å²) >= 11 is 3.23. The summed E-state index contributed by atoms with van der Waals surface area (Å²) in [5.41, 5.74) is 1.10. The normalized spacial score (nSPS) is 10.1. The van der Waals surface area contributed by atoms with Crippen LogP contribution in [0.1, 0.15) is 0 Å². The highest BCUT2D eigenvalue weighted by atomic mass is 79.9. The molecule has 3 aromatic rings. The average molecular weight is 385 g/mol. The number of rotatable bonds is 3. The van der Waals surface area contributed by atoms with Gasteiger partial charge in [0.1, 0.15) is 23.7 Å². The van der Waals surface area contributed by atoms with Gasteiger partial charge in [0.2, 0.25) is 0 Å². The van der Waals surface area contributed by atoms with Crippen LogP contribution >= 0.6 is 28.3 Å². The third kappa shape index (κ3) is 3.28. The smallest absolute Gasteiger partial charge is 0.147 e. The molecule has 114 valence electrons. The zero-order chi connectivity index (χ0) is 14.8. The van der Waals surface area contributed by atoms with E-state index in [1.54, 1.807) is 19.2 Å². The Labute approximate surface area is 141 Å². The topological polar surface area (TPSA) is 47.0 Å². The second kappa shape index (κ2) is 6.89. The van der Waals surface area contributed by atoms with Crippen molar-refractivity contribution in [3.8, 4) is 5.75 Å². The summed E-state index contributed by atoms with van der Waals surface area (Å²) in [5.74, 6) is 0.857. The maximum absolute atomic E-state index is 13.9. The van der Waals surface area contributed by atoms with Crippen molar-refractivity contribution in [1.82, 2.24) is 9.97 Å². The fraction of sp³-hybridized carbons (Fsp3) is 0.0667. The summed E-state index contributed by atoms with van der Waals surface area (Å²) in [6.45, 7) is 0. The van der Waals surface area contributed by atoms with E-state index < -0.39 is 0 Å². The maximum atomic E-state index is 13.9. The molecule has 0 unspecified atom stereocenters. The van der Waals surface area contributed by atoms with Crippen molar-refractivity contribution >= 4 is 50.7 Å². The van der Waals surface area contributed by atoms with Crippen LogP contribution < -0.4 is 10.1 Å². The zero-order valence-corrected chi connectivity index (χ0v) is 13.9. The zero-order valence-electron chi connectivity index (χ0n) is 11.5. The van der Waals surface area contributed by atoms with Crippen LogP contribution in [0.15, 0.2) is 47.2 Å². The van der Waals surface area contributed by atoms with E-state index in [9.17, 15) is 4.39 Å². The number of benzene rings is 2. The maximum Gasteiger partial charge on any atom is 0.147 e. The fourth-order valence-corrected chi connectivity index (χ4v) is 2.31. The Morgan fingerprint density at radius 3 is 2.68 bits per heavy atom. The van der Waals surface area contributed by atoms with Crippen molar-refractivity contribution in [3.05, 3.63) is 53.0 Å². The van der Waals surface area contributed by atoms with Gasteiger partial charge in [-0.05, 0) is 36.4 Å². The number of aromatic nitrogens is 2. The lowest BCUT2D eigenvalue weighted by Gasteiger charge is -2.10. The summed E-state index contributed by atoms with van der Waals surface area (Å²) in [7, 11) is 1.59. The first kappa shape index (κ1) is 16.5. The number of nitrogens with zero attached hydrogens (tertiary/aromatic N) is 2. The molecule has 0 bridgehead atoms. The van der Waals surface area contributed by atoms with Gasteiger partial charge >= 0.3 is 0 Å². The van der Waals surface area contributed by atoms with E-state index in [2.05, 4.69) is 31.2 Å². The number of ether oxygens (including phenoxy) is 1. The molecule has 0 amide bonds.